The van der Waals surface area contributed by atoms with Gasteiger partial charge in [-0.25, -0.2) is 8.78 Å². The van der Waals surface area contributed by atoms with Gasteiger partial charge in [-0.2, -0.15) is 0 Å². The summed E-state index contributed by atoms with van der Waals surface area (Å²) in [6, 6.07) is 3.41. The van der Waals surface area contributed by atoms with E-state index in [1.165, 1.54) is 12.1 Å². The minimum Gasteiger partial charge on any atom is -0.355 e. The fraction of sp³-hybridized carbons (Fsp3) is 0.462. The topological polar surface area (TPSA) is 29.1 Å². The van der Waals surface area contributed by atoms with Gasteiger partial charge in [0, 0.05) is 18.5 Å². The summed E-state index contributed by atoms with van der Waals surface area (Å²) in [5.41, 5.74) is -0.275. The highest BCUT2D eigenvalue weighted by Crippen LogP contribution is 2.17. The SMILES string of the molecule is CC(C)(CCl)C(=O)NCCc1ccc(F)cc1F. The molecule has 0 unspecified atom stereocenters. The Morgan fingerprint density at radius 3 is 2.61 bits per heavy atom. The molecule has 0 heterocycles. The van der Waals surface area contributed by atoms with Gasteiger partial charge >= 0.3 is 0 Å². The van der Waals surface area contributed by atoms with Crippen molar-refractivity contribution in [3.63, 3.8) is 0 Å². The zero-order chi connectivity index (χ0) is 13.8. The summed E-state index contributed by atoms with van der Waals surface area (Å²) in [6.07, 6.45) is 0.316. The van der Waals surface area contributed by atoms with Gasteiger partial charge in [-0.15, -0.1) is 11.6 Å². The van der Waals surface area contributed by atoms with E-state index in [2.05, 4.69) is 5.32 Å². The van der Waals surface area contributed by atoms with E-state index in [1.54, 1.807) is 13.8 Å². The third-order valence-corrected chi connectivity index (χ3v) is 3.31. The number of carbonyl (C=O) groups is 1. The number of halogens is 3. The van der Waals surface area contributed by atoms with E-state index in [-0.39, 0.29) is 11.8 Å². The van der Waals surface area contributed by atoms with Crippen LogP contribution in [0.1, 0.15) is 19.4 Å². The molecule has 1 aromatic carbocycles. The lowest BCUT2D eigenvalue weighted by Gasteiger charge is -2.20. The number of benzene rings is 1. The number of carbonyl (C=O) groups excluding carboxylic acids is 1. The van der Waals surface area contributed by atoms with Gasteiger partial charge in [-0.1, -0.05) is 6.07 Å². The molecule has 1 aromatic rings. The van der Waals surface area contributed by atoms with Gasteiger partial charge in [0.1, 0.15) is 11.6 Å². The first-order valence-corrected chi connectivity index (χ1v) is 6.18. The Balaban J connectivity index is 2.50. The van der Waals surface area contributed by atoms with Crippen molar-refractivity contribution >= 4 is 17.5 Å². The number of nitrogens with one attached hydrogen (secondary N) is 1. The molecular formula is C13H16ClF2NO. The molecule has 1 N–H and O–H groups in total. The molecule has 100 valence electrons. The second kappa shape index (κ2) is 6.14. The fourth-order valence-electron chi connectivity index (χ4n) is 1.34. The van der Waals surface area contributed by atoms with Crippen molar-refractivity contribution in [2.45, 2.75) is 20.3 Å². The van der Waals surface area contributed by atoms with Gasteiger partial charge in [-0.05, 0) is 31.9 Å². The number of amides is 1. The predicted molar refractivity (Wildman–Crippen MR) is 67.6 cm³/mol. The molecule has 0 radical (unpaired) electrons. The monoisotopic (exact) mass is 275 g/mol. The maximum absolute atomic E-state index is 13.3. The van der Waals surface area contributed by atoms with Crippen molar-refractivity contribution < 1.29 is 13.6 Å². The molecule has 0 aromatic heterocycles. The maximum atomic E-state index is 13.3. The molecule has 0 aliphatic heterocycles. The molecule has 0 aliphatic carbocycles. The maximum Gasteiger partial charge on any atom is 0.226 e. The normalized spacial score (nSPS) is 11.4. The number of rotatable bonds is 5. The van der Waals surface area contributed by atoms with E-state index in [1.807, 2.05) is 0 Å². The van der Waals surface area contributed by atoms with Crippen LogP contribution in [0.3, 0.4) is 0 Å². The van der Waals surface area contributed by atoms with E-state index < -0.39 is 17.0 Å². The molecule has 0 bridgehead atoms. The van der Waals surface area contributed by atoms with Crippen LogP contribution in [-0.2, 0) is 11.2 Å². The summed E-state index contributed by atoms with van der Waals surface area (Å²) in [7, 11) is 0. The highest BCUT2D eigenvalue weighted by molar-refractivity contribution is 6.19. The van der Waals surface area contributed by atoms with Crippen LogP contribution in [0.2, 0.25) is 0 Å². The highest BCUT2D eigenvalue weighted by Gasteiger charge is 2.25. The molecule has 0 fully saturated rings. The smallest absolute Gasteiger partial charge is 0.226 e. The molecule has 1 amide bonds. The Kier molecular flexibility index (Phi) is 5.08. The molecule has 0 atom stereocenters. The van der Waals surface area contributed by atoms with Gasteiger partial charge < -0.3 is 5.32 Å². The summed E-state index contributed by atoms with van der Waals surface area (Å²) in [4.78, 5) is 11.7. The summed E-state index contributed by atoms with van der Waals surface area (Å²) in [6.45, 7) is 3.75. The highest BCUT2D eigenvalue weighted by atomic mass is 35.5. The van der Waals surface area contributed by atoms with Crippen LogP contribution in [0.4, 0.5) is 8.78 Å². The molecule has 0 saturated carbocycles. The van der Waals surface area contributed by atoms with Crippen molar-refractivity contribution in [2.24, 2.45) is 5.41 Å². The Hall–Kier alpha value is -1.16. The standard InChI is InChI=1S/C13H16ClF2NO/c1-13(2,8-14)12(18)17-6-5-9-3-4-10(15)7-11(9)16/h3-4,7H,5-6,8H2,1-2H3,(H,17,18). The molecule has 0 aliphatic rings. The van der Waals surface area contributed by atoms with E-state index >= 15 is 0 Å². The van der Waals surface area contributed by atoms with Crippen LogP contribution >= 0.6 is 11.6 Å². The summed E-state index contributed by atoms with van der Waals surface area (Å²) in [5, 5.41) is 2.68. The lowest BCUT2D eigenvalue weighted by Crippen LogP contribution is -2.39. The Labute approximate surface area is 110 Å². The van der Waals surface area contributed by atoms with Crippen LogP contribution in [0.25, 0.3) is 0 Å². The third kappa shape index (κ3) is 3.95. The fourth-order valence-corrected chi connectivity index (χ4v) is 1.46. The number of hydrogen-bond acceptors (Lipinski definition) is 1. The molecular weight excluding hydrogens is 260 g/mol. The third-order valence-electron chi connectivity index (χ3n) is 2.64. The second-order valence-corrected chi connectivity index (χ2v) is 5.03. The lowest BCUT2D eigenvalue weighted by molar-refractivity contribution is -0.128. The van der Waals surface area contributed by atoms with E-state index in [9.17, 15) is 13.6 Å². The summed E-state index contributed by atoms with van der Waals surface area (Å²) >= 11 is 5.66. The first-order chi connectivity index (χ1) is 8.36. The predicted octanol–water partition coefficient (Wildman–Crippen LogP) is 2.89. The summed E-state index contributed by atoms with van der Waals surface area (Å²) in [5.74, 6) is -1.17. The van der Waals surface area contributed by atoms with Gasteiger partial charge in [0.15, 0.2) is 0 Å². The Morgan fingerprint density at radius 2 is 2.06 bits per heavy atom. The van der Waals surface area contributed by atoms with Crippen LogP contribution < -0.4 is 5.32 Å². The van der Waals surface area contributed by atoms with Crippen LogP contribution in [0.15, 0.2) is 18.2 Å². The van der Waals surface area contributed by atoms with Crippen molar-refractivity contribution in [3.05, 3.63) is 35.4 Å². The molecule has 5 heteroatoms. The first kappa shape index (κ1) is 14.9. The average Bonchev–Trinajstić information content (AvgIpc) is 2.31. The van der Waals surface area contributed by atoms with Crippen LogP contribution in [-0.4, -0.2) is 18.3 Å². The van der Waals surface area contributed by atoms with Crippen LogP contribution in [0, 0.1) is 17.0 Å². The van der Waals surface area contributed by atoms with Gasteiger partial charge in [0.05, 0.1) is 5.41 Å². The zero-order valence-electron chi connectivity index (χ0n) is 10.4. The zero-order valence-corrected chi connectivity index (χ0v) is 11.2. The average molecular weight is 276 g/mol. The number of alkyl halides is 1. The van der Waals surface area contributed by atoms with Gasteiger partial charge in [0.2, 0.25) is 5.91 Å². The lowest BCUT2D eigenvalue weighted by atomic mass is 9.95. The van der Waals surface area contributed by atoms with E-state index in [4.69, 9.17) is 11.6 Å². The van der Waals surface area contributed by atoms with E-state index in [0.717, 1.165) is 6.07 Å². The molecule has 2 nitrogen and oxygen atoms in total. The summed E-state index contributed by atoms with van der Waals surface area (Å²) < 4.78 is 26.0. The van der Waals surface area contributed by atoms with Crippen molar-refractivity contribution in [1.82, 2.24) is 5.32 Å². The molecule has 0 saturated heterocycles. The van der Waals surface area contributed by atoms with Crippen molar-refractivity contribution in [1.29, 1.82) is 0 Å². The molecule has 0 spiro atoms. The van der Waals surface area contributed by atoms with Crippen molar-refractivity contribution in [2.75, 3.05) is 12.4 Å². The quantitative estimate of drug-likeness (QED) is 0.823. The Bertz CT molecular complexity index is 435. The number of hydrogen-bond donors (Lipinski definition) is 1. The minimum atomic E-state index is -0.650. The second-order valence-electron chi connectivity index (χ2n) is 4.76. The molecule has 18 heavy (non-hydrogen) atoms. The minimum absolute atomic E-state index is 0.181. The Morgan fingerprint density at radius 1 is 1.39 bits per heavy atom. The van der Waals surface area contributed by atoms with E-state index in [0.29, 0.717) is 18.5 Å². The van der Waals surface area contributed by atoms with Crippen LogP contribution in [0.5, 0.6) is 0 Å². The first-order valence-electron chi connectivity index (χ1n) is 5.65. The van der Waals surface area contributed by atoms with Gasteiger partial charge in [-0.3, -0.25) is 4.79 Å². The largest absolute Gasteiger partial charge is 0.355 e. The molecule has 1 rings (SSSR count). The van der Waals surface area contributed by atoms with Gasteiger partial charge in [0.25, 0.3) is 0 Å². The van der Waals surface area contributed by atoms with Crippen molar-refractivity contribution in [3.8, 4) is 0 Å².